The van der Waals surface area contributed by atoms with Gasteiger partial charge >= 0.3 is 0 Å². The number of aromatic nitrogens is 2. The van der Waals surface area contributed by atoms with E-state index < -0.39 is 11.3 Å². The minimum atomic E-state index is -0.838. The molecule has 1 amide bonds. The third-order valence-corrected chi connectivity index (χ3v) is 4.77. The van der Waals surface area contributed by atoms with Gasteiger partial charge in [0.25, 0.3) is 5.91 Å². The first kappa shape index (κ1) is 18.6. The molecule has 1 aromatic carbocycles. The maximum atomic E-state index is 11.9. The van der Waals surface area contributed by atoms with Gasteiger partial charge in [0.1, 0.15) is 0 Å². The van der Waals surface area contributed by atoms with E-state index in [-0.39, 0.29) is 0 Å². The summed E-state index contributed by atoms with van der Waals surface area (Å²) in [5.41, 5.74) is 4.20. The lowest BCUT2D eigenvalue weighted by atomic mass is 9.84. The Morgan fingerprint density at radius 2 is 1.85 bits per heavy atom. The number of fused-ring (bicyclic) bond motifs is 1. The van der Waals surface area contributed by atoms with Crippen LogP contribution in [-0.2, 0) is 10.2 Å². The van der Waals surface area contributed by atoms with Crippen LogP contribution in [-0.4, -0.2) is 35.2 Å². The molecule has 0 bridgehead atoms. The Morgan fingerprint density at radius 1 is 1.15 bits per heavy atom. The van der Waals surface area contributed by atoms with Gasteiger partial charge in [0, 0.05) is 30.4 Å². The van der Waals surface area contributed by atoms with Crippen LogP contribution in [0.4, 0.5) is 11.4 Å². The number of methoxy groups -OCH3 is 1. The van der Waals surface area contributed by atoms with Gasteiger partial charge in [-0.1, -0.05) is 12.1 Å². The van der Waals surface area contributed by atoms with Gasteiger partial charge in [0.05, 0.1) is 18.2 Å². The van der Waals surface area contributed by atoms with Crippen LogP contribution in [0.3, 0.4) is 0 Å². The van der Waals surface area contributed by atoms with Gasteiger partial charge in [0.2, 0.25) is 5.88 Å². The lowest BCUT2D eigenvalue weighted by molar-refractivity contribution is -0.134. The van der Waals surface area contributed by atoms with E-state index in [1.54, 1.807) is 38.7 Å². The second kappa shape index (κ2) is 7.20. The molecule has 2 heterocycles. The van der Waals surface area contributed by atoms with Crippen LogP contribution in [0, 0.1) is 0 Å². The Morgan fingerprint density at radius 3 is 2.48 bits per heavy atom. The van der Waals surface area contributed by atoms with E-state index in [1.807, 2.05) is 48.3 Å². The predicted octanol–water partition coefficient (Wildman–Crippen LogP) is 3.19. The maximum Gasteiger partial charge on any atom is 0.253 e. The van der Waals surface area contributed by atoms with Crippen molar-refractivity contribution in [1.29, 1.82) is 0 Å². The summed E-state index contributed by atoms with van der Waals surface area (Å²) < 4.78 is 5.17. The van der Waals surface area contributed by atoms with Crippen molar-refractivity contribution in [2.75, 3.05) is 19.1 Å². The van der Waals surface area contributed by atoms with Gasteiger partial charge in [-0.3, -0.25) is 10.0 Å². The lowest BCUT2D eigenvalue weighted by Crippen LogP contribution is -2.38. The Bertz CT molecular complexity index is 971. The number of anilines is 2. The minimum Gasteiger partial charge on any atom is -0.481 e. The first-order chi connectivity index (χ1) is 12.9. The molecule has 2 N–H and O–H groups in total. The largest absolute Gasteiger partial charge is 0.481 e. The van der Waals surface area contributed by atoms with Gasteiger partial charge in [-0.25, -0.2) is 10.5 Å². The molecule has 7 nitrogen and oxygen atoms in total. The molecule has 0 unspecified atom stereocenters. The van der Waals surface area contributed by atoms with E-state index in [0.29, 0.717) is 11.5 Å². The molecule has 0 saturated carbocycles. The lowest BCUT2D eigenvalue weighted by Gasteiger charge is -2.25. The second-order valence-electron chi connectivity index (χ2n) is 6.73. The van der Waals surface area contributed by atoms with Crippen molar-refractivity contribution >= 4 is 28.3 Å². The van der Waals surface area contributed by atoms with Crippen molar-refractivity contribution in [2.24, 2.45) is 0 Å². The highest BCUT2D eigenvalue weighted by molar-refractivity contribution is 5.92. The molecule has 0 radical (unpaired) electrons. The predicted molar refractivity (Wildman–Crippen MR) is 104 cm³/mol. The summed E-state index contributed by atoms with van der Waals surface area (Å²) in [7, 11) is 3.53. The number of nitrogens with one attached hydrogen (secondary N) is 1. The number of hydrogen-bond donors (Lipinski definition) is 2. The summed E-state index contributed by atoms with van der Waals surface area (Å²) in [5.74, 6) is 0.0623. The van der Waals surface area contributed by atoms with Crippen LogP contribution >= 0.6 is 0 Å². The number of hydrogen-bond acceptors (Lipinski definition) is 6. The van der Waals surface area contributed by atoms with Crippen molar-refractivity contribution in [3.05, 3.63) is 54.2 Å². The van der Waals surface area contributed by atoms with Crippen molar-refractivity contribution in [3.8, 4) is 5.88 Å². The normalized spacial score (nSPS) is 11.3. The second-order valence-corrected chi connectivity index (χ2v) is 6.73. The summed E-state index contributed by atoms with van der Waals surface area (Å²) >= 11 is 0. The van der Waals surface area contributed by atoms with Crippen LogP contribution in [0.1, 0.15) is 19.4 Å². The first-order valence-corrected chi connectivity index (χ1v) is 8.47. The summed E-state index contributed by atoms with van der Waals surface area (Å²) in [4.78, 5) is 22.6. The van der Waals surface area contributed by atoms with E-state index in [2.05, 4.69) is 9.97 Å². The Hall–Kier alpha value is -3.19. The molecule has 0 atom stereocenters. The van der Waals surface area contributed by atoms with E-state index in [9.17, 15) is 4.79 Å². The monoisotopic (exact) mass is 366 g/mol. The summed E-state index contributed by atoms with van der Waals surface area (Å²) in [6, 6.07) is 13.3. The Kier molecular flexibility index (Phi) is 4.96. The van der Waals surface area contributed by atoms with Crippen LogP contribution in [0.25, 0.3) is 11.0 Å². The minimum absolute atomic E-state index is 0.455. The van der Waals surface area contributed by atoms with Crippen LogP contribution in [0.2, 0.25) is 0 Å². The number of nitrogens with zero attached hydrogens (tertiary/aromatic N) is 3. The SMILES string of the molecule is COc1ccc2c(N(C)c3ccc(C(C)(C)C(=O)NO)cc3)ccnc2n1. The van der Waals surface area contributed by atoms with Gasteiger partial charge in [-0.2, -0.15) is 4.98 Å². The number of carbonyl (C=O) groups excluding carboxylic acids is 1. The van der Waals surface area contributed by atoms with Crippen molar-refractivity contribution < 1.29 is 14.7 Å². The fourth-order valence-corrected chi connectivity index (χ4v) is 2.92. The molecule has 2 aromatic heterocycles. The molecule has 7 heteroatoms. The molecule has 0 aliphatic rings. The molecule has 140 valence electrons. The first-order valence-electron chi connectivity index (χ1n) is 8.47. The van der Waals surface area contributed by atoms with E-state index in [4.69, 9.17) is 9.94 Å². The fraction of sp³-hybridized carbons (Fsp3) is 0.250. The maximum absolute atomic E-state index is 11.9. The quantitative estimate of drug-likeness (QED) is 0.533. The third kappa shape index (κ3) is 3.41. The van der Waals surface area contributed by atoms with Gasteiger partial charge in [0.15, 0.2) is 5.65 Å². The van der Waals surface area contributed by atoms with Crippen LogP contribution < -0.4 is 15.1 Å². The topological polar surface area (TPSA) is 87.6 Å². The van der Waals surface area contributed by atoms with Crippen molar-refractivity contribution in [1.82, 2.24) is 15.4 Å². The molecular formula is C20H22N4O3. The molecular weight excluding hydrogens is 344 g/mol. The molecule has 3 rings (SSSR count). The Labute approximate surface area is 157 Å². The summed E-state index contributed by atoms with van der Waals surface area (Å²) in [5, 5.41) is 9.84. The zero-order valence-corrected chi connectivity index (χ0v) is 15.7. The number of benzene rings is 1. The molecule has 27 heavy (non-hydrogen) atoms. The zero-order chi connectivity index (χ0) is 19.6. The van der Waals surface area contributed by atoms with Gasteiger partial charge in [-0.15, -0.1) is 0 Å². The molecule has 3 aromatic rings. The smallest absolute Gasteiger partial charge is 0.253 e. The highest BCUT2D eigenvalue weighted by Gasteiger charge is 2.29. The highest BCUT2D eigenvalue weighted by Crippen LogP contribution is 2.32. The third-order valence-electron chi connectivity index (χ3n) is 4.77. The molecule has 0 saturated heterocycles. The molecule has 0 fully saturated rings. The number of hydroxylamine groups is 1. The van der Waals surface area contributed by atoms with Crippen LogP contribution in [0.5, 0.6) is 5.88 Å². The molecule has 0 spiro atoms. The van der Waals surface area contributed by atoms with Crippen molar-refractivity contribution in [2.45, 2.75) is 19.3 Å². The van der Waals surface area contributed by atoms with Gasteiger partial charge in [-0.05, 0) is 43.7 Å². The number of pyridine rings is 2. The fourth-order valence-electron chi connectivity index (χ4n) is 2.92. The van der Waals surface area contributed by atoms with Gasteiger partial charge < -0.3 is 9.64 Å². The van der Waals surface area contributed by atoms with Crippen LogP contribution in [0.15, 0.2) is 48.7 Å². The highest BCUT2D eigenvalue weighted by atomic mass is 16.5. The number of amides is 1. The number of carbonyl (C=O) groups is 1. The van der Waals surface area contributed by atoms with Crippen molar-refractivity contribution in [3.63, 3.8) is 0 Å². The van der Waals surface area contributed by atoms with E-state index in [1.165, 1.54) is 0 Å². The molecule has 0 aliphatic heterocycles. The standard InChI is InChI=1S/C20H22N4O3/c1-20(2,19(25)23-26)13-5-7-14(8-6-13)24(3)16-11-12-21-18-15(16)9-10-17(22-18)27-4/h5-12,26H,1-4H3,(H,23,25). The number of ether oxygens (including phenoxy) is 1. The average Bonchev–Trinajstić information content (AvgIpc) is 2.71. The zero-order valence-electron chi connectivity index (χ0n) is 15.7. The molecule has 0 aliphatic carbocycles. The van der Waals surface area contributed by atoms with E-state index >= 15 is 0 Å². The summed E-state index contributed by atoms with van der Waals surface area (Å²) in [6.07, 6.45) is 1.71. The Balaban J connectivity index is 1.96. The summed E-state index contributed by atoms with van der Waals surface area (Å²) in [6.45, 7) is 3.51. The number of rotatable bonds is 5. The average molecular weight is 366 g/mol. The van der Waals surface area contributed by atoms with E-state index in [0.717, 1.165) is 22.3 Å².